The maximum atomic E-state index is 12.7. The van der Waals surface area contributed by atoms with Crippen molar-refractivity contribution in [3.05, 3.63) is 59.7 Å². The number of ether oxygens (including phenoxy) is 1. The summed E-state index contributed by atoms with van der Waals surface area (Å²) in [7, 11) is 0. The minimum absolute atomic E-state index is 0.241. The van der Waals surface area contributed by atoms with Gasteiger partial charge in [-0.2, -0.15) is 5.26 Å². The van der Waals surface area contributed by atoms with Gasteiger partial charge >= 0.3 is 12.0 Å². The van der Waals surface area contributed by atoms with E-state index in [9.17, 15) is 19.6 Å². The summed E-state index contributed by atoms with van der Waals surface area (Å²) in [5.74, 6) is -1.27. The standard InChI is InChI=1S/C20H17N3O4/c1-13(18(24)23-11-10-22-20(23)26)27-19(25)17-9-5-4-8-16(17)15-7-3-2-6-14(15)12-21/h2-9,13H,10-11H2,1H3,(H,22,26)/t13-/m0/s1. The molecule has 7 heteroatoms. The van der Waals surface area contributed by atoms with E-state index in [1.807, 2.05) is 0 Å². The van der Waals surface area contributed by atoms with Gasteiger partial charge in [-0.25, -0.2) is 9.59 Å². The Balaban J connectivity index is 1.85. The fourth-order valence-corrected chi connectivity index (χ4v) is 2.89. The lowest BCUT2D eigenvalue weighted by Gasteiger charge is -2.19. The maximum absolute atomic E-state index is 12.7. The smallest absolute Gasteiger partial charge is 0.339 e. The van der Waals surface area contributed by atoms with E-state index >= 15 is 0 Å². The second-order valence-electron chi connectivity index (χ2n) is 5.97. The molecule has 1 N–H and O–H groups in total. The zero-order valence-electron chi connectivity index (χ0n) is 14.6. The number of hydrogen-bond acceptors (Lipinski definition) is 5. The van der Waals surface area contributed by atoms with Crippen molar-refractivity contribution in [2.45, 2.75) is 13.0 Å². The molecule has 1 saturated heterocycles. The Hall–Kier alpha value is -3.66. The molecule has 1 atom stereocenters. The molecule has 3 amide bonds. The van der Waals surface area contributed by atoms with Gasteiger partial charge in [0, 0.05) is 18.7 Å². The fourth-order valence-electron chi connectivity index (χ4n) is 2.89. The van der Waals surface area contributed by atoms with E-state index in [-0.39, 0.29) is 12.1 Å². The van der Waals surface area contributed by atoms with Crippen LogP contribution in [0.2, 0.25) is 0 Å². The van der Waals surface area contributed by atoms with Crippen molar-refractivity contribution in [2.75, 3.05) is 13.1 Å². The highest BCUT2D eigenvalue weighted by atomic mass is 16.5. The molecule has 1 aliphatic rings. The Morgan fingerprint density at radius 2 is 1.81 bits per heavy atom. The zero-order chi connectivity index (χ0) is 19.4. The van der Waals surface area contributed by atoms with Crippen LogP contribution >= 0.6 is 0 Å². The highest BCUT2D eigenvalue weighted by molar-refractivity contribution is 6.01. The Labute approximate surface area is 156 Å². The molecule has 0 radical (unpaired) electrons. The molecule has 0 aliphatic carbocycles. The van der Waals surface area contributed by atoms with Gasteiger partial charge in [0.25, 0.3) is 5.91 Å². The summed E-state index contributed by atoms with van der Waals surface area (Å²) in [6.45, 7) is 2.04. The van der Waals surface area contributed by atoms with Gasteiger partial charge in [-0.3, -0.25) is 9.69 Å². The van der Waals surface area contributed by atoms with Crippen molar-refractivity contribution in [1.82, 2.24) is 10.2 Å². The van der Waals surface area contributed by atoms with Crippen LogP contribution in [0.4, 0.5) is 4.79 Å². The third kappa shape index (κ3) is 3.65. The number of nitriles is 1. The van der Waals surface area contributed by atoms with E-state index in [1.54, 1.807) is 48.5 Å². The number of rotatable bonds is 4. The molecule has 7 nitrogen and oxygen atoms in total. The maximum Gasteiger partial charge on any atom is 0.339 e. The molecule has 2 aromatic carbocycles. The van der Waals surface area contributed by atoms with E-state index in [1.165, 1.54) is 6.92 Å². The number of hydrogen-bond donors (Lipinski definition) is 1. The van der Waals surface area contributed by atoms with E-state index in [4.69, 9.17) is 4.74 Å². The number of amides is 3. The Morgan fingerprint density at radius 3 is 2.48 bits per heavy atom. The minimum atomic E-state index is -1.11. The largest absolute Gasteiger partial charge is 0.449 e. The number of benzene rings is 2. The number of nitrogens with zero attached hydrogens (tertiary/aromatic N) is 2. The highest BCUT2D eigenvalue weighted by Crippen LogP contribution is 2.27. The van der Waals surface area contributed by atoms with E-state index in [2.05, 4.69) is 11.4 Å². The third-order valence-electron chi connectivity index (χ3n) is 4.24. The summed E-state index contributed by atoms with van der Waals surface area (Å²) < 4.78 is 5.30. The minimum Gasteiger partial charge on any atom is -0.449 e. The van der Waals surface area contributed by atoms with Gasteiger partial charge in [0.05, 0.1) is 17.2 Å². The molecule has 0 saturated carbocycles. The monoisotopic (exact) mass is 363 g/mol. The summed E-state index contributed by atoms with van der Waals surface area (Å²) in [6.07, 6.45) is -1.11. The predicted octanol–water partition coefficient (Wildman–Crippen LogP) is 2.32. The van der Waals surface area contributed by atoms with Gasteiger partial charge in [-0.1, -0.05) is 36.4 Å². The van der Waals surface area contributed by atoms with Gasteiger partial charge < -0.3 is 10.1 Å². The first kappa shape index (κ1) is 18.1. The van der Waals surface area contributed by atoms with Gasteiger partial charge in [-0.15, -0.1) is 0 Å². The lowest BCUT2D eigenvalue weighted by Crippen LogP contribution is -2.41. The van der Waals surface area contributed by atoms with Crippen LogP contribution in [0.15, 0.2) is 48.5 Å². The SMILES string of the molecule is C[C@H](OC(=O)c1ccccc1-c1ccccc1C#N)C(=O)N1CCNC1=O. The Bertz CT molecular complexity index is 948. The first-order chi connectivity index (χ1) is 13.0. The number of nitrogens with one attached hydrogen (secondary N) is 1. The molecule has 1 fully saturated rings. The van der Waals surface area contributed by atoms with Gasteiger partial charge in [0.1, 0.15) is 0 Å². The predicted molar refractivity (Wildman–Crippen MR) is 96.6 cm³/mol. The van der Waals surface area contributed by atoms with Crippen molar-refractivity contribution in [3.8, 4) is 17.2 Å². The van der Waals surface area contributed by atoms with Crippen molar-refractivity contribution >= 4 is 17.9 Å². The Kier molecular flexibility index (Phi) is 5.18. The topological polar surface area (TPSA) is 99.5 Å². The zero-order valence-corrected chi connectivity index (χ0v) is 14.6. The fraction of sp³-hybridized carbons (Fsp3) is 0.200. The number of esters is 1. The van der Waals surface area contributed by atoms with Crippen LogP contribution in [-0.4, -0.2) is 42.0 Å². The quantitative estimate of drug-likeness (QED) is 0.841. The number of carbonyl (C=O) groups is 3. The lowest BCUT2D eigenvalue weighted by atomic mass is 9.96. The molecule has 0 bridgehead atoms. The molecule has 1 aliphatic heterocycles. The molecular formula is C20H17N3O4. The second-order valence-corrected chi connectivity index (χ2v) is 5.97. The van der Waals surface area contributed by atoms with Crippen LogP contribution in [-0.2, 0) is 9.53 Å². The van der Waals surface area contributed by atoms with Gasteiger partial charge in [0.15, 0.2) is 6.10 Å². The number of urea groups is 1. The van der Waals surface area contributed by atoms with Crippen LogP contribution < -0.4 is 5.32 Å². The average Bonchev–Trinajstić information content (AvgIpc) is 3.13. The van der Waals surface area contributed by atoms with Crippen LogP contribution in [0.1, 0.15) is 22.8 Å². The second kappa shape index (κ2) is 7.70. The summed E-state index contributed by atoms with van der Waals surface area (Å²) >= 11 is 0. The molecule has 27 heavy (non-hydrogen) atoms. The van der Waals surface area contributed by atoms with Crippen LogP contribution in [0.3, 0.4) is 0 Å². The molecule has 0 unspecified atom stereocenters. The summed E-state index contributed by atoms with van der Waals surface area (Å²) in [4.78, 5) is 37.6. The van der Waals surface area contributed by atoms with Gasteiger partial charge in [0.2, 0.25) is 0 Å². The molecule has 0 aromatic heterocycles. The number of imide groups is 1. The summed E-state index contributed by atoms with van der Waals surface area (Å²) in [6, 6.07) is 15.3. The van der Waals surface area contributed by atoms with E-state index < -0.39 is 24.0 Å². The van der Waals surface area contributed by atoms with E-state index in [0.717, 1.165) is 4.90 Å². The van der Waals surface area contributed by atoms with Crippen LogP contribution in [0.25, 0.3) is 11.1 Å². The first-order valence-corrected chi connectivity index (χ1v) is 8.41. The molecule has 136 valence electrons. The van der Waals surface area contributed by atoms with Crippen molar-refractivity contribution < 1.29 is 19.1 Å². The highest BCUT2D eigenvalue weighted by Gasteiger charge is 2.32. The molecular weight excluding hydrogens is 346 g/mol. The third-order valence-corrected chi connectivity index (χ3v) is 4.24. The average molecular weight is 363 g/mol. The normalized spacial score (nSPS) is 14.2. The first-order valence-electron chi connectivity index (χ1n) is 8.41. The molecule has 1 heterocycles. The summed E-state index contributed by atoms with van der Waals surface area (Å²) in [5, 5.41) is 11.8. The molecule has 2 aromatic rings. The lowest BCUT2D eigenvalue weighted by molar-refractivity contribution is -0.136. The van der Waals surface area contributed by atoms with Crippen LogP contribution in [0, 0.1) is 11.3 Å². The Morgan fingerprint density at radius 1 is 1.15 bits per heavy atom. The van der Waals surface area contributed by atoms with Crippen LogP contribution in [0.5, 0.6) is 0 Å². The van der Waals surface area contributed by atoms with Gasteiger partial charge in [-0.05, 0) is 24.6 Å². The van der Waals surface area contributed by atoms with Crippen molar-refractivity contribution in [3.63, 3.8) is 0 Å². The number of carbonyl (C=O) groups excluding carboxylic acids is 3. The molecule has 0 spiro atoms. The van der Waals surface area contributed by atoms with Crippen molar-refractivity contribution in [1.29, 1.82) is 5.26 Å². The summed E-state index contributed by atoms with van der Waals surface area (Å²) in [5.41, 5.74) is 1.81. The van der Waals surface area contributed by atoms with Crippen molar-refractivity contribution in [2.24, 2.45) is 0 Å². The molecule has 3 rings (SSSR count). The van der Waals surface area contributed by atoms with E-state index in [0.29, 0.717) is 23.2 Å².